The molecule has 0 N–H and O–H groups in total. The number of aryl methyl sites for hydroxylation is 1. The van der Waals surface area contributed by atoms with Gasteiger partial charge in [0.25, 0.3) is 0 Å². The van der Waals surface area contributed by atoms with Crippen molar-refractivity contribution in [2.75, 3.05) is 0 Å². The molecule has 0 amide bonds. The Morgan fingerprint density at radius 2 is 1.45 bits per heavy atom. The van der Waals surface area contributed by atoms with Crippen molar-refractivity contribution in [3.8, 4) is 11.5 Å². The number of benzene rings is 2. The lowest BCUT2D eigenvalue weighted by Crippen LogP contribution is -2.20. The van der Waals surface area contributed by atoms with E-state index in [2.05, 4.69) is 26.0 Å². The van der Waals surface area contributed by atoms with Gasteiger partial charge in [-0.15, -0.1) is 0 Å². The van der Waals surface area contributed by atoms with Crippen LogP contribution in [0.3, 0.4) is 0 Å². The molecule has 0 heterocycles. The fourth-order valence-corrected chi connectivity index (χ4v) is 2.01. The van der Waals surface area contributed by atoms with Gasteiger partial charge in [-0.2, -0.15) is 0 Å². The Labute approximate surface area is 121 Å². The second kappa shape index (κ2) is 6.47. The van der Waals surface area contributed by atoms with Crippen LogP contribution in [-0.4, -0.2) is 6.29 Å². The van der Waals surface area contributed by atoms with E-state index in [4.69, 9.17) is 9.47 Å². The molecular formula is C18H22O2. The molecule has 0 aromatic heterocycles. The van der Waals surface area contributed by atoms with Crippen LogP contribution in [0.25, 0.3) is 0 Å². The Morgan fingerprint density at radius 3 is 2.05 bits per heavy atom. The SMILES string of the molecule is Cc1ccccc1OC(C)Oc1ccc(C(C)C)cc1. The van der Waals surface area contributed by atoms with E-state index in [0.717, 1.165) is 17.1 Å². The summed E-state index contributed by atoms with van der Waals surface area (Å²) >= 11 is 0. The molecule has 0 spiro atoms. The lowest BCUT2D eigenvalue weighted by Gasteiger charge is -2.18. The maximum absolute atomic E-state index is 5.80. The van der Waals surface area contributed by atoms with Gasteiger partial charge in [0.05, 0.1) is 0 Å². The molecule has 106 valence electrons. The van der Waals surface area contributed by atoms with Crippen LogP contribution < -0.4 is 9.47 Å². The van der Waals surface area contributed by atoms with E-state index >= 15 is 0 Å². The highest BCUT2D eigenvalue weighted by Gasteiger charge is 2.07. The molecule has 2 aromatic carbocycles. The fraction of sp³-hybridized carbons (Fsp3) is 0.333. The van der Waals surface area contributed by atoms with E-state index in [0.29, 0.717) is 5.92 Å². The van der Waals surface area contributed by atoms with Crippen molar-refractivity contribution >= 4 is 0 Å². The fourth-order valence-electron chi connectivity index (χ4n) is 2.01. The first-order valence-corrected chi connectivity index (χ1v) is 7.05. The molecular weight excluding hydrogens is 248 g/mol. The van der Waals surface area contributed by atoms with E-state index in [1.165, 1.54) is 5.56 Å². The minimum absolute atomic E-state index is 0.319. The second-order valence-corrected chi connectivity index (χ2v) is 5.29. The van der Waals surface area contributed by atoms with E-state index in [9.17, 15) is 0 Å². The van der Waals surface area contributed by atoms with Crippen LogP contribution >= 0.6 is 0 Å². The summed E-state index contributed by atoms with van der Waals surface area (Å²) in [7, 11) is 0. The van der Waals surface area contributed by atoms with Crippen LogP contribution in [0.4, 0.5) is 0 Å². The molecule has 0 bridgehead atoms. The van der Waals surface area contributed by atoms with Crippen LogP contribution in [0.15, 0.2) is 48.5 Å². The van der Waals surface area contributed by atoms with Crippen LogP contribution in [0.2, 0.25) is 0 Å². The topological polar surface area (TPSA) is 18.5 Å². The third-order valence-electron chi connectivity index (χ3n) is 3.24. The highest BCUT2D eigenvalue weighted by atomic mass is 16.7. The lowest BCUT2D eigenvalue weighted by atomic mass is 10.0. The van der Waals surface area contributed by atoms with Gasteiger partial charge in [-0.3, -0.25) is 0 Å². The number of hydrogen-bond donors (Lipinski definition) is 0. The predicted octanol–water partition coefficient (Wildman–Crippen LogP) is 4.92. The molecule has 0 saturated heterocycles. The van der Waals surface area contributed by atoms with Crippen LogP contribution in [0.1, 0.15) is 37.8 Å². The van der Waals surface area contributed by atoms with Gasteiger partial charge in [-0.1, -0.05) is 44.2 Å². The van der Waals surface area contributed by atoms with Crippen LogP contribution in [0, 0.1) is 6.92 Å². The zero-order valence-electron chi connectivity index (χ0n) is 12.6. The van der Waals surface area contributed by atoms with E-state index in [-0.39, 0.29) is 6.29 Å². The number of para-hydroxylation sites is 1. The van der Waals surface area contributed by atoms with E-state index in [1.54, 1.807) is 0 Å². The van der Waals surface area contributed by atoms with Gasteiger partial charge < -0.3 is 9.47 Å². The minimum Gasteiger partial charge on any atom is -0.455 e. The summed E-state index contributed by atoms with van der Waals surface area (Å²) in [6.07, 6.45) is -0.319. The van der Waals surface area contributed by atoms with Gasteiger partial charge in [0.2, 0.25) is 6.29 Å². The summed E-state index contributed by atoms with van der Waals surface area (Å²) in [5, 5.41) is 0. The first-order valence-electron chi connectivity index (χ1n) is 7.05. The molecule has 0 radical (unpaired) electrons. The van der Waals surface area contributed by atoms with E-state index < -0.39 is 0 Å². The monoisotopic (exact) mass is 270 g/mol. The number of hydrogen-bond acceptors (Lipinski definition) is 2. The first kappa shape index (κ1) is 14.4. The molecule has 2 nitrogen and oxygen atoms in total. The average Bonchev–Trinajstić information content (AvgIpc) is 2.42. The maximum Gasteiger partial charge on any atom is 0.238 e. The van der Waals surface area contributed by atoms with Gasteiger partial charge in [-0.05, 0) is 42.2 Å². The minimum atomic E-state index is -0.319. The van der Waals surface area contributed by atoms with Gasteiger partial charge >= 0.3 is 0 Å². The van der Waals surface area contributed by atoms with Gasteiger partial charge in [0.1, 0.15) is 11.5 Å². The van der Waals surface area contributed by atoms with Crippen molar-refractivity contribution in [2.45, 2.75) is 39.9 Å². The Bertz CT molecular complexity index is 544. The second-order valence-electron chi connectivity index (χ2n) is 5.29. The summed E-state index contributed by atoms with van der Waals surface area (Å²) in [6, 6.07) is 16.1. The molecule has 20 heavy (non-hydrogen) atoms. The zero-order valence-corrected chi connectivity index (χ0v) is 12.6. The van der Waals surface area contributed by atoms with E-state index in [1.807, 2.05) is 50.2 Å². The molecule has 0 aliphatic rings. The zero-order chi connectivity index (χ0) is 14.5. The molecule has 2 rings (SSSR count). The summed E-state index contributed by atoms with van der Waals surface area (Å²) in [5.74, 6) is 2.22. The van der Waals surface area contributed by atoms with Crippen molar-refractivity contribution in [1.29, 1.82) is 0 Å². The molecule has 0 aliphatic carbocycles. The Morgan fingerprint density at radius 1 is 0.800 bits per heavy atom. The highest BCUT2D eigenvalue weighted by Crippen LogP contribution is 2.22. The third-order valence-corrected chi connectivity index (χ3v) is 3.24. The highest BCUT2D eigenvalue weighted by molar-refractivity contribution is 5.32. The lowest BCUT2D eigenvalue weighted by molar-refractivity contribution is 0.0217. The standard InChI is InChI=1S/C18H22O2/c1-13(2)16-9-11-17(12-10-16)19-15(4)20-18-8-6-5-7-14(18)3/h5-13,15H,1-4H3. The molecule has 0 aliphatic heterocycles. The van der Waals surface area contributed by atoms with Crippen molar-refractivity contribution in [3.63, 3.8) is 0 Å². The quantitative estimate of drug-likeness (QED) is 0.718. The third kappa shape index (κ3) is 3.77. The smallest absolute Gasteiger partial charge is 0.238 e. The van der Waals surface area contributed by atoms with Crippen LogP contribution in [-0.2, 0) is 0 Å². The summed E-state index contributed by atoms with van der Waals surface area (Å²) in [6.45, 7) is 8.29. The molecule has 1 atom stereocenters. The Balaban J connectivity index is 1.97. The Kier molecular flexibility index (Phi) is 4.67. The molecule has 2 aromatic rings. The summed E-state index contributed by atoms with van der Waals surface area (Å²) < 4.78 is 11.6. The predicted molar refractivity (Wildman–Crippen MR) is 82.4 cm³/mol. The molecule has 0 saturated carbocycles. The summed E-state index contributed by atoms with van der Waals surface area (Å²) in [4.78, 5) is 0. The molecule has 1 unspecified atom stereocenters. The number of rotatable bonds is 5. The van der Waals surface area contributed by atoms with Crippen molar-refractivity contribution in [2.24, 2.45) is 0 Å². The first-order chi connectivity index (χ1) is 9.56. The van der Waals surface area contributed by atoms with Gasteiger partial charge in [0, 0.05) is 6.92 Å². The summed E-state index contributed by atoms with van der Waals surface area (Å²) in [5.41, 5.74) is 2.42. The molecule has 2 heteroatoms. The average molecular weight is 270 g/mol. The normalized spacial score (nSPS) is 12.2. The van der Waals surface area contributed by atoms with Gasteiger partial charge in [-0.25, -0.2) is 0 Å². The molecule has 0 fully saturated rings. The Hall–Kier alpha value is -1.96. The van der Waals surface area contributed by atoms with Gasteiger partial charge in [0.15, 0.2) is 0 Å². The number of ether oxygens (including phenoxy) is 2. The van der Waals surface area contributed by atoms with Crippen molar-refractivity contribution in [3.05, 3.63) is 59.7 Å². The maximum atomic E-state index is 5.80. The van der Waals surface area contributed by atoms with Crippen molar-refractivity contribution < 1.29 is 9.47 Å². The largest absolute Gasteiger partial charge is 0.455 e. The van der Waals surface area contributed by atoms with Crippen LogP contribution in [0.5, 0.6) is 11.5 Å². The van der Waals surface area contributed by atoms with Crippen molar-refractivity contribution in [1.82, 2.24) is 0 Å².